The molecule has 7 nitrogen and oxygen atoms in total. The SMILES string of the molecule is Fc1cc(I)ccc1Nc1cnccc1-c1nnc(NCCN2CCCCC2)o1. The number of nitrogens with zero attached hydrogens (tertiary/aromatic N) is 4. The average Bonchev–Trinajstić information content (AvgIpc) is 3.20. The van der Waals surface area contributed by atoms with Crippen LogP contribution >= 0.6 is 22.6 Å². The van der Waals surface area contributed by atoms with Crippen LogP contribution in [-0.2, 0) is 0 Å². The molecule has 0 spiro atoms. The smallest absolute Gasteiger partial charge is 0.315 e. The second-order valence-electron chi connectivity index (χ2n) is 6.91. The van der Waals surface area contributed by atoms with E-state index in [-0.39, 0.29) is 5.82 Å². The number of hydrogen-bond acceptors (Lipinski definition) is 7. The summed E-state index contributed by atoms with van der Waals surface area (Å²) in [4.78, 5) is 6.56. The van der Waals surface area contributed by atoms with Crippen LogP contribution in [0, 0.1) is 9.39 Å². The Morgan fingerprint density at radius 3 is 2.79 bits per heavy atom. The van der Waals surface area contributed by atoms with E-state index in [4.69, 9.17) is 4.42 Å². The van der Waals surface area contributed by atoms with E-state index in [9.17, 15) is 4.39 Å². The van der Waals surface area contributed by atoms with Gasteiger partial charge in [0.15, 0.2) is 0 Å². The molecule has 9 heteroatoms. The molecule has 3 aromatic rings. The Bertz CT molecular complexity index is 960. The predicted octanol–water partition coefficient (Wildman–Crippen LogP) is 4.52. The van der Waals surface area contributed by atoms with Gasteiger partial charge in [-0.05, 0) is 72.8 Å². The molecule has 0 unspecified atom stereocenters. The van der Waals surface area contributed by atoms with Crippen molar-refractivity contribution in [2.24, 2.45) is 0 Å². The van der Waals surface area contributed by atoms with Crippen molar-refractivity contribution in [1.82, 2.24) is 20.1 Å². The third kappa shape index (κ3) is 5.21. The standard InChI is InChI=1S/C20H22FIN6O/c21-16-12-14(22)4-5-17(16)25-18-13-23-7-6-15(18)19-26-27-20(29-19)24-8-11-28-9-2-1-3-10-28/h4-7,12-13,25H,1-3,8-11H2,(H,24,27). The number of hydrogen-bond donors (Lipinski definition) is 2. The Morgan fingerprint density at radius 2 is 1.97 bits per heavy atom. The lowest BCUT2D eigenvalue weighted by molar-refractivity contribution is 0.236. The zero-order valence-corrected chi connectivity index (χ0v) is 18.0. The van der Waals surface area contributed by atoms with Crippen LogP contribution in [0.1, 0.15) is 19.3 Å². The number of pyridine rings is 1. The molecule has 0 bridgehead atoms. The largest absolute Gasteiger partial charge is 0.403 e. The molecule has 4 rings (SSSR count). The van der Waals surface area contributed by atoms with Crippen LogP contribution in [0.25, 0.3) is 11.5 Å². The molecule has 1 aromatic carbocycles. The number of anilines is 3. The van der Waals surface area contributed by atoms with Gasteiger partial charge in [0.25, 0.3) is 5.89 Å². The van der Waals surface area contributed by atoms with Crippen LogP contribution in [-0.4, -0.2) is 46.3 Å². The monoisotopic (exact) mass is 508 g/mol. The van der Waals surface area contributed by atoms with E-state index in [2.05, 4.69) is 53.3 Å². The molecule has 0 atom stereocenters. The highest BCUT2D eigenvalue weighted by atomic mass is 127. The van der Waals surface area contributed by atoms with Crippen molar-refractivity contribution in [3.05, 3.63) is 46.0 Å². The van der Waals surface area contributed by atoms with E-state index in [0.29, 0.717) is 28.8 Å². The number of nitrogens with one attached hydrogen (secondary N) is 2. The number of halogens is 2. The summed E-state index contributed by atoms with van der Waals surface area (Å²) in [5, 5.41) is 14.5. The molecule has 2 aromatic heterocycles. The van der Waals surface area contributed by atoms with Gasteiger partial charge in [-0.1, -0.05) is 11.5 Å². The maximum absolute atomic E-state index is 14.2. The van der Waals surface area contributed by atoms with Gasteiger partial charge in [0, 0.05) is 22.9 Å². The molecule has 1 fully saturated rings. The Balaban J connectivity index is 1.43. The van der Waals surface area contributed by atoms with Gasteiger partial charge in [0.1, 0.15) is 5.82 Å². The zero-order valence-electron chi connectivity index (χ0n) is 15.9. The van der Waals surface area contributed by atoms with Crippen molar-refractivity contribution in [2.45, 2.75) is 19.3 Å². The summed E-state index contributed by atoms with van der Waals surface area (Å²) in [6.07, 6.45) is 7.11. The summed E-state index contributed by atoms with van der Waals surface area (Å²) in [5.41, 5.74) is 1.62. The summed E-state index contributed by atoms with van der Waals surface area (Å²) in [7, 11) is 0. The first kappa shape index (κ1) is 20.0. The Morgan fingerprint density at radius 1 is 1.10 bits per heavy atom. The summed E-state index contributed by atoms with van der Waals surface area (Å²) in [6.45, 7) is 4.00. The fraction of sp³-hybridized carbons (Fsp3) is 0.350. The lowest BCUT2D eigenvalue weighted by Crippen LogP contribution is -2.33. The molecular formula is C20H22FIN6O. The number of rotatable bonds is 7. The molecule has 3 heterocycles. The van der Waals surface area contributed by atoms with Crippen LogP contribution in [0.5, 0.6) is 0 Å². The average molecular weight is 508 g/mol. The number of aromatic nitrogens is 3. The molecule has 0 amide bonds. The maximum atomic E-state index is 14.2. The van der Waals surface area contributed by atoms with E-state index in [0.717, 1.165) is 29.7 Å². The molecule has 152 valence electrons. The third-order valence-corrected chi connectivity index (χ3v) is 5.50. The first-order valence-electron chi connectivity index (χ1n) is 9.65. The summed E-state index contributed by atoms with van der Waals surface area (Å²) < 4.78 is 20.8. The van der Waals surface area contributed by atoms with E-state index in [1.165, 1.54) is 25.3 Å². The van der Waals surface area contributed by atoms with E-state index in [1.807, 2.05) is 6.07 Å². The van der Waals surface area contributed by atoms with Crippen molar-refractivity contribution in [1.29, 1.82) is 0 Å². The van der Waals surface area contributed by atoms with Crippen molar-refractivity contribution >= 4 is 40.0 Å². The lowest BCUT2D eigenvalue weighted by Gasteiger charge is -2.26. The quantitative estimate of drug-likeness (QED) is 0.455. The molecular weight excluding hydrogens is 486 g/mol. The first-order chi connectivity index (χ1) is 14.2. The molecule has 0 saturated carbocycles. The predicted molar refractivity (Wildman–Crippen MR) is 119 cm³/mol. The van der Waals surface area contributed by atoms with Crippen molar-refractivity contribution in [2.75, 3.05) is 36.8 Å². The lowest BCUT2D eigenvalue weighted by atomic mass is 10.1. The van der Waals surface area contributed by atoms with E-state index < -0.39 is 0 Å². The number of piperidine rings is 1. The summed E-state index contributed by atoms with van der Waals surface area (Å²) >= 11 is 2.07. The van der Waals surface area contributed by atoms with E-state index >= 15 is 0 Å². The topological polar surface area (TPSA) is 79.1 Å². The van der Waals surface area contributed by atoms with Crippen LogP contribution in [0.15, 0.2) is 41.1 Å². The van der Waals surface area contributed by atoms with Crippen molar-refractivity contribution in [3.63, 3.8) is 0 Å². The summed E-state index contributed by atoms with van der Waals surface area (Å²) in [5.74, 6) is 0.0126. The Kier molecular flexibility index (Phi) is 6.55. The minimum Gasteiger partial charge on any atom is -0.403 e. The van der Waals surface area contributed by atoms with Crippen LogP contribution in [0.2, 0.25) is 0 Å². The highest BCUT2D eigenvalue weighted by molar-refractivity contribution is 14.1. The Hall–Kier alpha value is -2.27. The normalized spacial score (nSPS) is 14.7. The number of likely N-dealkylation sites (tertiary alicyclic amines) is 1. The molecule has 1 aliphatic heterocycles. The Labute approximate surface area is 182 Å². The van der Waals surface area contributed by atoms with Gasteiger partial charge in [-0.2, -0.15) is 0 Å². The highest BCUT2D eigenvalue weighted by Gasteiger charge is 2.15. The minimum absolute atomic E-state index is 0.336. The fourth-order valence-electron chi connectivity index (χ4n) is 3.32. The third-order valence-electron chi connectivity index (χ3n) is 4.83. The molecule has 1 saturated heterocycles. The van der Waals surface area contributed by atoms with Gasteiger partial charge in [0.05, 0.1) is 23.1 Å². The van der Waals surface area contributed by atoms with Gasteiger partial charge in [-0.3, -0.25) is 4.98 Å². The van der Waals surface area contributed by atoms with Crippen LogP contribution in [0.3, 0.4) is 0 Å². The fourth-order valence-corrected chi connectivity index (χ4v) is 3.78. The highest BCUT2D eigenvalue weighted by Crippen LogP contribution is 2.30. The summed E-state index contributed by atoms with van der Waals surface area (Å²) in [6, 6.07) is 7.13. The van der Waals surface area contributed by atoms with Crippen molar-refractivity contribution < 1.29 is 8.81 Å². The number of benzene rings is 1. The minimum atomic E-state index is -0.336. The molecule has 29 heavy (non-hydrogen) atoms. The zero-order chi connectivity index (χ0) is 20.1. The van der Waals surface area contributed by atoms with E-state index in [1.54, 1.807) is 24.5 Å². The van der Waals surface area contributed by atoms with Gasteiger partial charge < -0.3 is 20.0 Å². The van der Waals surface area contributed by atoms with Gasteiger partial charge in [-0.15, -0.1) is 5.10 Å². The van der Waals surface area contributed by atoms with Crippen LogP contribution in [0.4, 0.5) is 21.8 Å². The van der Waals surface area contributed by atoms with Gasteiger partial charge >= 0.3 is 6.01 Å². The van der Waals surface area contributed by atoms with Gasteiger partial charge in [-0.25, -0.2) is 4.39 Å². The molecule has 1 aliphatic rings. The maximum Gasteiger partial charge on any atom is 0.315 e. The van der Waals surface area contributed by atoms with Gasteiger partial charge in [0.2, 0.25) is 0 Å². The molecule has 0 radical (unpaired) electrons. The van der Waals surface area contributed by atoms with Crippen molar-refractivity contribution in [3.8, 4) is 11.5 Å². The first-order valence-corrected chi connectivity index (χ1v) is 10.7. The molecule has 2 N–H and O–H groups in total. The second-order valence-corrected chi connectivity index (χ2v) is 8.16. The molecule has 0 aliphatic carbocycles. The second kappa shape index (κ2) is 9.49. The van der Waals surface area contributed by atoms with Crippen LogP contribution < -0.4 is 10.6 Å².